The molecule has 0 radical (unpaired) electrons. The number of primary amides is 1. The first-order valence-corrected chi connectivity index (χ1v) is 12.8. The molecular weight excluding hydrogens is 514 g/mol. The second kappa shape index (κ2) is 13.5. The maximum Gasteiger partial charge on any atom is 0.408 e. The monoisotopic (exact) mass is 551 g/mol. The molecule has 2 unspecified atom stereocenters. The number of aryl methyl sites for hydroxylation is 3. The Kier molecular flexibility index (Phi) is 10.6. The third kappa shape index (κ3) is 8.46. The van der Waals surface area contributed by atoms with Gasteiger partial charge in [0.25, 0.3) is 5.91 Å². The molecule has 2 aromatic carbocycles. The highest BCUT2D eigenvalue weighted by Gasteiger charge is 2.38. The van der Waals surface area contributed by atoms with Crippen LogP contribution in [0.3, 0.4) is 0 Å². The third-order valence-corrected chi connectivity index (χ3v) is 6.05. The summed E-state index contributed by atoms with van der Waals surface area (Å²) < 4.78 is 5.28. The predicted octanol–water partition coefficient (Wildman–Crippen LogP) is 3.51. The Balaban J connectivity index is 2.62. The van der Waals surface area contributed by atoms with Crippen molar-refractivity contribution >= 4 is 29.5 Å². The van der Waals surface area contributed by atoms with Gasteiger partial charge in [-0.2, -0.15) is 5.26 Å². The maximum absolute atomic E-state index is 13.9. The van der Waals surface area contributed by atoms with E-state index < -0.39 is 48.0 Å². The molecule has 0 aliphatic heterocycles. The van der Waals surface area contributed by atoms with E-state index in [2.05, 4.69) is 10.6 Å². The highest BCUT2D eigenvalue weighted by Crippen LogP contribution is 2.33. The van der Waals surface area contributed by atoms with Gasteiger partial charge >= 0.3 is 6.09 Å². The summed E-state index contributed by atoms with van der Waals surface area (Å²) in [6, 6.07) is 9.24. The quantitative estimate of drug-likeness (QED) is 0.327. The molecule has 0 saturated heterocycles. The molecule has 0 saturated carbocycles. The summed E-state index contributed by atoms with van der Waals surface area (Å²) in [5.74, 6) is -2.46. The van der Waals surface area contributed by atoms with Gasteiger partial charge in [0.2, 0.25) is 11.8 Å². The second-order valence-corrected chi connectivity index (χ2v) is 10.5. The summed E-state index contributed by atoms with van der Waals surface area (Å²) in [4.78, 5) is 52.9. The highest BCUT2D eigenvalue weighted by atomic mass is 16.6. The number of aromatic hydroxyl groups is 1. The number of nitrogens with zero attached hydrogens (tertiary/aromatic N) is 2. The predicted molar refractivity (Wildman–Crippen MR) is 149 cm³/mol. The van der Waals surface area contributed by atoms with Gasteiger partial charge in [-0.1, -0.05) is 36.4 Å². The zero-order valence-corrected chi connectivity index (χ0v) is 23.7. The molecule has 0 spiro atoms. The Morgan fingerprint density at radius 1 is 1.05 bits per heavy atom. The lowest BCUT2D eigenvalue weighted by molar-refractivity contribution is -0.140. The molecule has 0 aliphatic carbocycles. The van der Waals surface area contributed by atoms with Crippen molar-refractivity contribution in [2.75, 3.05) is 11.9 Å². The van der Waals surface area contributed by atoms with Gasteiger partial charge in [-0.05, 0) is 64.7 Å². The van der Waals surface area contributed by atoms with E-state index in [-0.39, 0.29) is 24.2 Å². The number of ether oxygens (including phenoxy) is 1. The number of nitrogens with two attached hydrogens (primary N) is 1. The van der Waals surface area contributed by atoms with Crippen LogP contribution in [-0.4, -0.2) is 52.0 Å². The van der Waals surface area contributed by atoms with Gasteiger partial charge in [-0.25, -0.2) is 4.79 Å². The van der Waals surface area contributed by atoms with Crippen LogP contribution in [0.1, 0.15) is 61.9 Å². The number of carbonyl (C=O) groups excluding carboxylic acids is 4. The van der Waals surface area contributed by atoms with E-state index in [0.29, 0.717) is 11.3 Å². The van der Waals surface area contributed by atoms with Crippen LogP contribution in [0.25, 0.3) is 0 Å². The topological polar surface area (TPSA) is 175 Å². The first-order chi connectivity index (χ1) is 18.7. The van der Waals surface area contributed by atoms with E-state index in [1.54, 1.807) is 39.8 Å². The maximum atomic E-state index is 13.9. The molecule has 40 heavy (non-hydrogen) atoms. The number of anilines is 1. The lowest BCUT2D eigenvalue weighted by Gasteiger charge is -2.33. The van der Waals surface area contributed by atoms with Crippen molar-refractivity contribution in [3.8, 4) is 11.8 Å². The van der Waals surface area contributed by atoms with E-state index >= 15 is 0 Å². The van der Waals surface area contributed by atoms with Gasteiger partial charge in [0.15, 0.2) is 0 Å². The zero-order valence-electron chi connectivity index (χ0n) is 23.7. The standard InChI is InChI=1S/C29H37N5O6/c1-17-9-7-10-18(2)23(17)33-26(37)24(20-12-8-11-19(3)25(20)36)34(16-15-30)27(38)21(13-14-22(31)35)32-28(39)40-29(4,5)6/h7-12,21,24,36H,13-14,16H2,1-6H3,(H2,31,35)(H,32,39)(H,33,37). The van der Waals surface area contributed by atoms with Crippen molar-refractivity contribution in [3.63, 3.8) is 0 Å². The number of carbonyl (C=O) groups is 4. The fourth-order valence-corrected chi connectivity index (χ4v) is 4.12. The minimum absolute atomic E-state index is 0.0817. The fraction of sp³-hybridized carbons (Fsp3) is 0.414. The van der Waals surface area contributed by atoms with Gasteiger partial charge in [-0.15, -0.1) is 0 Å². The SMILES string of the molecule is Cc1cccc(C(C(=O)Nc2c(C)cccc2C)N(CC#N)C(=O)C(CCC(N)=O)NC(=O)OC(C)(C)C)c1O. The second-order valence-electron chi connectivity index (χ2n) is 10.5. The van der Waals surface area contributed by atoms with Gasteiger partial charge < -0.3 is 31.1 Å². The molecule has 0 aliphatic rings. The minimum atomic E-state index is -1.47. The first-order valence-electron chi connectivity index (χ1n) is 12.8. The van der Waals surface area contributed by atoms with Gasteiger partial charge in [-0.3, -0.25) is 14.4 Å². The van der Waals surface area contributed by atoms with E-state index in [0.717, 1.165) is 16.0 Å². The normalized spacial score (nSPS) is 12.4. The van der Waals surface area contributed by atoms with Crippen LogP contribution < -0.4 is 16.4 Å². The highest BCUT2D eigenvalue weighted by molar-refractivity contribution is 6.00. The summed E-state index contributed by atoms with van der Waals surface area (Å²) in [5, 5.41) is 25.9. The van der Waals surface area contributed by atoms with Crippen molar-refractivity contribution in [1.29, 1.82) is 5.26 Å². The van der Waals surface area contributed by atoms with Crippen LogP contribution in [-0.2, 0) is 19.1 Å². The number of phenolic OH excluding ortho intramolecular Hbond substituents is 1. The van der Waals surface area contributed by atoms with Gasteiger partial charge in [0.1, 0.15) is 30.0 Å². The molecule has 4 amide bonds. The smallest absolute Gasteiger partial charge is 0.408 e. The van der Waals surface area contributed by atoms with E-state index in [1.807, 2.05) is 38.1 Å². The zero-order chi connectivity index (χ0) is 30.2. The van der Waals surface area contributed by atoms with Crippen molar-refractivity contribution in [3.05, 3.63) is 58.7 Å². The van der Waals surface area contributed by atoms with Crippen molar-refractivity contribution in [1.82, 2.24) is 10.2 Å². The molecule has 11 nitrogen and oxygen atoms in total. The molecule has 0 fully saturated rings. The van der Waals surface area contributed by atoms with Crippen LogP contribution in [0.15, 0.2) is 36.4 Å². The van der Waals surface area contributed by atoms with Crippen LogP contribution >= 0.6 is 0 Å². The van der Waals surface area contributed by atoms with Crippen LogP contribution in [0.4, 0.5) is 10.5 Å². The van der Waals surface area contributed by atoms with Gasteiger partial charge in [0.05, 0.1) is 6.07 Å². The summed E-state index contributed by atoms with van der Waals surface area (Å²) in [7, 11) is 0. The third-order valence-electron chi connectivity index (χ3n) is 6.05. The fourth-order valence-electron chi connectivity index (χ4n) is 4.12. The Labute approximate surface area is 234 Å². The number of rotatable bonds is 10. The van der Waals surface area contributed by atoms with Gasteiger partial charge in [0, 0.05) is 17.7 Å². The number of phenols is 1. The number of nitrogens with one attached hydrogen (secondary N) is 2. The summed E-state index contributed by atoms with van der Waals surface area (Å²) in [6.07, 6.45) is -1.40. The number of nitriles is 1. The van der Waals surface area contributed by atoms with Crippen LogP contribution in [0.2, 0.25) is 0 Å². The number of amides is 4. The molecule has 11 heteroatoms. The molecule has 2 rings (SSSR count). The molecule has 0 bridgehead atoms. The van der Waals surface area contributed by atoms with Crippen molar-refractivity contribution in [2.45, 2.75) is 72.1 Å². The Hall–Kier alpha value is -4.59. The molecule has 0 aromatic heterocycles. The Morgan fingerprint density at radius 2 is 1.62 bits per heavy atom. The lowest BCUT2D eigenvalue weighted by atomic mass is 9.98. The summed E-state index contributed by atoms with van der Waals surface area (Å²) >= 11 is 0. The molecule has 2 aromatic rings. The van der Waals surface area contributed by atoms with E-state index in [4.69, 9.17) is 10.5 Å². The Morgan fingerprint density at radius 3 is 2.17 bits per heavy atom. The van der Waals surface area contributed by atoms with Crippen LogP contribution in [0.5, 0.6) is 5.75 Å². The molecule has 2 atom stereocenters. The molecular formula is C29H37N5O6. The van der Waals surface area contributed by atoms with Crippen LogP contribution in [0, 0.1) is 32.1 Å². The number of para-hydroxylation sites is 2. The summed E-state index contributed by atoms with van der Waals surface area (Å²) in [5.41, 5.74) is 7.01. The lowest BCUT2D eigenvalue weighted by Crippen LogP contribution is -2.52. The van der Waals surface area contributed by atoms with E-state index in [9.17, 15) is 29.5 Å². The minimum Gasteiger partial charge on any atom is -0.507 e. The average Bonchev–Trinajstić information content (AvgIpc) is 2.84. The Bertz CT molecular complexity index is 1290. The number of hydrogen-bond donors (Lipinski definition) is 4. The van der Waals surface area contributed by atoms with Crippen molar-refractivity contribution in [2.24, 2.45) is 5.73 Å². The largest absolute Gasteiger partial charge is 0.507 e. The number of benzene rings is 2. The summed E-state index contributed by atoms with van der Waals surface area (Å²) in [6.45, 7) is 9.61. The van der Waals surface area contributed by atoms with E-state index in [1.165, 1.54) is 6.07 Å². The number of hydrogen-bond acceptors (Lipinski definition) is 7. The molecule has 5 N–H and O–H groups in total. The molecule has 0 heterocycles. The number of alkyl carbamates (subject to hydrolysis) is 1. The first kappa shape index (κ1) is 31.6. The molecule has 214 valence electrons. The average molecular weight is 552 g/mol. The van der Waals surface area contributed by atoms with Crippen molar-refractivity contribution < 1.29 is 29.0 Å².